The van der Waals surface area contributed by atoms with Crippen molar-refractivity contribution in [2.45, 2.75) is 31.4 Å². The van der Waals surface area contributed by atoms with Gasteiger partial charge in [0.2, 0.25) is 0 Å². The van der Waals surface area contributed by atoms with Gasteiger partial charge in [-0.05, 0) is 13.8 Å². The maximum atomic E-state index is 10.5. The van der Waals surface area contributed by atoms with E-state index in [1.54, 1.807) is 0 Å². The van der Waals surface area contributed by atoms with Crippen LogP contribution in [0, 0.1) is 17.0 Å². The molecule has 0 bridgehead atoms. The highest BCUT2D eigenvalue weighted by Crippen LogP contribution is 2.19. The first-order chi connectivity index (χ1) is 8.61. The lowest BCUT2D eigenvalue weighted by atomic mass is 10.6. The van der Waals surface area contributed by atoms with E-state index in [0.717, 1.165) is 17.5 Å². The van der Waals surface area contributed by atoms with E-state index >= 15 is 0 Å². The average Bonchev–Trinajstić information content (AvgIpc) is 2.93. The smallest absolute Gasteiger partial charge is 0.307 e. The molecule has 0 N–H and O–H groups in total. The molecule has 18 heavy (non-hydrogen) atoms. The molecule has 0 aliphatic carbocycles. The minimum atomic E-state index is -0.465. The highest BCUT2D eigenvalue weighted by atomic mass is 32.2. The second-order valence-electron chi connectivity index (χ2n) is 3.54. The Morgan fingerprint density at radius 2 is 2.28 bits per heavy atom. The molecule has 0 aromatic carbocycles. The molecule has 2 aromatic rings. The van der Waals surface area contributed by atoms with Crippen molar-refractivity contribution >= 4 is 17.4 Å². The van der Waals surface area contributed by atoms with E-state index < -0.39 is 4.92 Å². The summed E-state index contributed by atoms with van der Waals surface area (Å²) >= 11 is 1.44. The third-order valence-electron chi connectivity index (χ3n) is 2.37. The number of hydrogen-bond donors (Lipinski definition) is 0. The lowest BCUT2D eigenvalue weighted by molar-refractivity contribution is -0.385. The second kappa shape index (κ2) is 5.17. The van der Waals surface area contributed by atoms with Gasteiger partial charge >= 0.3 is 5.69 Å². The summed E-state index contributed by atoms with van der Waals surface area (Å²) in [6.07, 6.45) is 2.63. The average molecular weight is 268 g/mol. The third-order valence-corrected chi connectivity index (χ3v) is 3.33. The summed E-state index contributed by atoms with van der Waals surface area (Å²) in [4.78, 5) is 10.0. The summed E-state index contributed by atoms with van der Waals surface area (Å²) in [7, 11) is 0. The zero-order valence-electron chi connectivity index (χ0n) is 9.98. The number of rotatable bonds is 5. The molecule has 0 amide bonds. The maximum absolute atomic E-state index is 10.5. The fourth-order valence-electron chi connectivity index (χ4n) is 1.47. The van der Waals surface area contributed by atoms with E-state index in [9.17, 15) is 10.1 Å². The van der Waals surface area contributed by atoms with Crippen molar-refractivity contribution in [1.82, 2.24) is 24.5 Å². The monoisotopic (exact) mass is 268 g/mol. The van der Waals surface area contributed by atoms with E-state index in [2.05, 4.69) is 15.3 Å². The van der Waals surface area contributed by atoms with Crippen LogP contribution in [0.3, 0.4) is 0 Å². The fourth-order valence-corrected chi connectivity index (χ4v) is 2.38. The maximum Gasteiger partial charge on any atom is 0.307 e. The molecule has 96 valence electrons. The summed E-state index contributed by atoms with van der Waals surface area (Å²) in [5.41, 5.74) is -0.0104. The van der Waals surface area contributed by atoms with E-state index in [1.165, 1.54) is 28.8 Å². The highest BCUT2D eigenvalue weighted by molar-refractivity contribution is 7.98. The number of nitrogens with zero attached hydrogens (tertiary/aromatic N) is 6. The molecule has 0 spiro atoms. The first-order valence-corrected chi connectivity index (χ1v) is 6.29. The number of aryl methyl sites for hydroxylation is 1. The molecule has 0 saturated heterocycles. The molecule has 0 aliphatic rings. The summed E-state index contributed by atoms with van der Waals surface area (Å²) in [6, 6.07) is 0. The van der Waals surface area contributed by atoms with E-state index in [4.69, 9.17) is 0 Å². The molecule has 0 unspecified atom stereocenters. The number of aromatic nitrogens is 5. The van der Waals surface area contributed by atoms with Crippen LogP contribution in [0.2, 0.25) is 0 Å². The van der Waals surface area contributed by atoms with Crippen molar-refractivity contribution in [2.75, 3.05) is 0 Å². The van der Waals surface area contributed by atoms with E-state index in [0.29, 0.717) is 5.88 Å². The number of thioether (sulfide) groups is 1. The van der Waals surface area contributed by atoms with Crippen molar-refractivity contribution in [3.05, 3.63) is 28.3 Å². The first-order valence-electron chi connectivity index (χ1n) is 5.31. The van der Waals surface area contributed by atoms with Gasteiger partial charge in [-0.15, -0.1) is 10.2 Å². The molecule has 0 atom stereocenters. The van der Waals surface area contributed by atoms with Crippen molar-refractivity contribution in [2.24, 2.45) is 0 Å². The molecule has 0 fully saturated rings. The molecule has 0 aliphatic heterocycles. The van der Waals surface area contributed by atoms with Gasteiger partial charge in [-0.2, -0.15) is 5.10 Å². The Hall–Kier alpha value is -1.90. The largest absolute Gasteiger partial charge is 0.307 e. The summed E-state index contributed by atoms with van der Waals surface area (Å²) in [5.74, 6) is 1.32. The second-order valence-corrected chi connectivity index (χ2v) is 4.45. The Morgan fingerprint density at radius 1 is 1.50 bits per heavy atom. The Kier molecular flexibility index (Phi) is 3.60. The summed E-state index contributed by atoms with van der Waals surface area (Å²) in [5, 5.41) is 23.2. The molecule has 0 saturated carbocycles. The van der Waals surface area contributed by atoms with Crippen LogP contribution in [-0.2, 0) is 12.4 Å². The third kappa shape index (κ3) is 2.50. The molecule has 8 nitrogen and oxygen atoms in total. The quantitative estimate of drug-likeness (QED) is 0.463. The minimum absolute atomic E-state index is 0.0104. The van der Waals surface area contributed by atoms with Gasteiger partial charge in [0.1, 0.15) is 18.2 Å². The van der Waals surface area contributed by atoms with Gasteiger partial charge in [0.25, 0.3) is 0 Å². The zero-order chi connectivity index (χ0) is 13.1. The molecule has 9 heteroatoms. The summed E-state index contributed by atoms with van der Waals surface area (Å²) < 4.78 is 3.48. The predicted octanol–water partition coefficient (Wildman–Crippen LogP) is 1.46. The Morgan fingerprint density at radius 3 is 2.89 bits per heavy atom. The van der Waals surface area contributed by atoms with E-state index in [1.807, 2.05) is 18.4 Å². The van der Waals surface area contributed by atoms with Crippen LogP contribution in [0.1, 0.15) is 12.7 Å². The van der Waals surface area contributed by atoms with Gasteiger partial charge in [0.05, 0.1) is 10.8 Å². The zero-order valence-corrected chi connectivity index (χ0v) is 10.8. The van der Waals surface area contributed by atoms with Crippen LogP contribution >= 0.6 is 11.8 Å². The summed E-state index contributed by atoms with van der Waals surface area (Å²) in [6.45, 7) is 4.69. The fraction of sp³-hybridized carbons (Fsp3) is 0.444. The molecule has 2 heterocycles. The van der Waals surface area contributed by atoms with E-state index in [-0.39, 0.29) is 5.69 Å². The SMILES string of the molecule is CCn1c(C)nnc1SCn1cc([N+](=O)[O-])cn1. The Balaban J connectivity index is 2.04. The van der Waals surface area contributed by atoms with Crippen LogP contribution in [0.5, 0.6) is 0 Å². The van der Waals surface area contributed by atoms with Crippen molar-refractivity contribution in [3.8, 4) is 0 Å². The number of hydrogen-bond acceptors (Lipinski definition) is 6. The first kappa shape index (κ1) is 12.6. The molecule has 0 radical (unpaired) electrons. The highest BCUT2D eigenvalue weighted by Gasteiger charge is 2.11. The Labute approximate surface area is 107 Å². The van der Waals surface area contributed by atoms with Crippen molar-refractivity contribution in [3.63, 3.8) is 0 Å². The molecular weight excluding hydrogens is 256 g/mol. The predicted molar refractivity (Wildman–Crippen MR) is 65.2 cm³/mol. The van der Waals surface area contributed by atoms with Gasteiger partial charge in [0, 0.05) is 6.54 Å². The van der Waals surface area contributed by atoms with Gasteiger partial charge in [-0.3, -0.25) is 14.8 Å². The van der Waals surface area contributed by atoms with Crippen molar-refractivity contribution in [1.29, 1.82) is 0 Å². The number of nitro groups is 1. The molecular formula is C9H12N6O2S. The van der Waals surface area contributed by atoms with Crippen LogP contribution in [0.25, 0.3) is 0 Å². The van der Waals surface area contributed by atoms with Crippen molar-refractivity contribution < 1.29 is 4.92 Å². The molecule has 2 aromatic heterocycles. The van der Waals surface area contributed by atoms with Gasteiger partial charge in [-0.1, -0.05) is 11.8 Å². The topological polar surface area (TPSA) is 91.7 Å². The lowest BCUT2D eigenvalue weighted by Gasteiger charge is -2.04. The lowest BCUT2D eigenvalue weighted by Crippen LogP contribution is -2.01. The minimum Gasteiger partial charge on any atom is -0.307 e. The standard InChI is InChI=1S/C9H12N6O2S/c1-3-14-7(2)11-12-9(14)18-6-13-5-8(4-10-13)15(16)17/h4-5H,3,6H2,1-2H3. The van der Waals surface area contributed by atoms with Crippen LogP contribution in [-0.4, -0.2) is 29.5 Å². The van der Waals surface area contributed by atoms with Crippen LogP contribution in [0.15, 0.2) is 17.6 Å². The Bertz CT molecular complexity index is 563. The van der Waals surface area contributed by atoms with Crippen LogP contribution < -0.4 is 0 Å². The van der Waals surface area contributed by atoms with Gasteiger partial charge < -0.3 is 4.57 Å². The van der Waals surface area contributed by atoms with Gasteiger partial charge in [-0.25, -0.2) is 0 Å². The van der Waals surface area contributed by atoms with Gasteiger partial charge in [0.15, 0.2) is 5.16 Å². The normalized spacial score (nSPS) is 10.8. The van der Waals surface area contributed by atoms with Crippen LogP contribution in [0.4, 0.5) is 5.69 Å². The molecule has 2 rings (SSSR count).